The van der Waals surface area contributed by atoms with E-state index in [2.05, 4.69) is 9.44 Å². The number of rotatable bonds is 8. The highest BCUT2D eigenvalue weighted by atomic mass is 32.2. The maximum atomic E-state index is 11.4. The fourth-order valence-electron chi connectivity index (χ4n) is 1.03. The molecule has 6 nitrogen and oxygen atoms in total. The summed E-state index contributed by atoms with van der Waals surface area (Å²) in [5, 5.41) is 8.79. The lowest BCUT2D eigenvalue weighted by molar-refractivity contribution is -0.139. The van der Waals surface area contributed by atoms with Gasteiger partial charge in [-0.25, -0.2) is 4.72 Å². The van der Waals surface area contributed by atoms with Crippen LogP contribution in [0.25, 0.3) is 0 Å². The van der Waals surface area contributed by atoms with Crippen LogP contribution in [-0.2, 0) is 15.0 Å². The maximum Gasteiger partial charge on any atom is 0.321 e. The van der Waals surface area contributed by atoms with Gasteiger partial charge in [-0.05, 0) is 12.3 Å². The van der Waals surface area contributed by atoms with Crippen LogP contribution in [0.1, 0.15) is 33.6 Å². The van der Waals surface area contributed by atoms with Gasteiger partial charge in [0.2, 0.25) is 0 Å². The molecule has 96 valence electrons. The van der Waals surface area contributed by atoms with Gasteiger partial charge < -0.3 is 5.11 Å². The van der Waals surface area contributed by atoms with Crippen molar-refractivity contribution < 1.29 is 18.3 Å². The average Bonchev–Trinajstić information content (AvgIpc) is 2.14. The summed E-state index contributed by atoms with van der Waals surface area (Å²) in [6, 6.07) is -1.06. The second-order valence-electron chi connectivity index (χ2n) is 4.04. The van der Waals surface area contributed by atoms with E-state index >= 15 is 0 Å². The number of carboxylic acid groups (broad SMARTS) is 1. The molecule has 16 heavy (non-hydrogen) atoms. The van der Waals surface area contributed by atoms with E-state index in [4.69, 9.17) is 5.11 Å². The molecular formula is C9H20N2O4S. The number of aliphatic carboxylic acids is 1. The zero-order valence-electron chi connectivity index (χ0n) is 9.86. The SMILES string of the molecule is CCC[C@H](NS(=O)(=O)NCC(C)C)C(=O)O. The van der Waals surface area contributed by atoms with Crippen LogP contribution in [0.2, 0.25) is 0 Å². The van der Waals surface area contributed by atoms with Gasteiger partial charge >= 0.3 is 5.97 Å². The van der Waals surface area contributed by atoms with E-state index in [0.29, 0.717) is 6.42 Å². The molecule has 1 atom stereocenters. The third-order valence-corrected chi connectivity index (χ3v) is 3.00. The van der Waals surface area contributed by atoms with Crippen molar-refractivity contribution in [3.05, 3.63) is 0 Å². The first kappa shape index (κ1) is 15.3. The van der Waals surface area contributed by atoms with Crippen molar-refractivity contribution in [3.63, 3.8) is 0 Å². The Hall–Kier alpha value is -0.660. The molecule has 0 bridgehead atoms. The molecule has 0 saturated heterocycles. The molecule has 0 aliphatic carbocycles. The fraction of sp³-hybridized carbons (Fsp3) is 0.889. The van der Waals surface area contributed by atoms with Crippen molar-refractivity contribution in [3.8, 4) is 0 Å². The second-order valence-corrected chi connectivity index (χ2v) is 5.57. The normalized spacial score (nSPS) is 14.0. The number of nitrogens with one attached hydrogen (secondary N) is 2. The number of carboxylic acids is 1. The zero-order chi connectivity index (χ0) is 12.8. The lowest BCUT2D eigenvalue weighted by Crippen LogP contribution is -2.47. The van der Waals surface area contributed by atoms with Crippen LogP contribution < -0.4 is 9.44 Å². The van der Waals surface area contributed by atoms with Crippen LogP contribution in [0.4, 0.5) is 0 Å². The number of carbonyl (C=O) groups is 1. The van der Waals surface area contributed by atoms with E-state index in [-0.39, 0.29) is 18.9 Å². The lowest BCUT2D eigenvalue weighted by Gasteiger charge is -2.15. The third kappa shape index (κ3) is 6.76. The fourth-order valence-corrected chi connectivity index (χ4v) is 2.26. The highest BCUT2D eigenvalue weighted by Gasteiger charge is 2.22. The molecule has 0 fully saturated rings. The Labute approximate surface area is 96.6 Å². The molecule has 0 aromatic rings. The van der Waals surface area contributed by atoms with E-state index in [9.17, 15) is 13.2 Å². The van der Waals surface area contributed by atoms with Gasteiger partial charge in [0.05, 0.1) is 0 Å². The zero-order valence-corrected chi connectivity index (χ0v) is 10.7. The largest absolute Gasteiger partial charge is 0.480 e. The molecule has 0 aliphatic heterocycles. The molecule has 0 aromatic carbocycles. The van der Waals surface area contributed by atoms with Crippen LogP contribution in [0.5, 0.6) is 0 Å². The van der Waals surface area contributed by atoms with Gasteiger partial charge in [0.25, 0.3) is 10.2 Å². The molecule has 0 aliphatic rings. The van der Waals surface area contributed by atoms with Crippen molar-refractivity contribution in [2.75, 3.05) is 6.54 Å². The van der Waals surface area contributed by atoms with Crippen LogP contribution >= 0.6 is 0 Å². The smallest absolute Gasteiger partial charge is 0.321 e. The highest BCUT2D eigenvalue weighted by Crippen LogP contribution is 1.99. The van der Waals surface area contributed by atoms with E-state index in [1.54, 1.807) is 6.92 Å². The van der Waals surface area contributed by atoms with Gasteiger partial charge in [0, 0.05) is 6.54 Å². The summed E-state index contributed by atoms with van der Waals surface area (Å²) in [6.45, 7) is 5.81. The lowest BCUT2D eigenvalue weighted by atomic mass is 10.2. The standard InChI is InChI=1S/C9H20N2O4S/c1-4-5-8(9(12)13)11-16(14,15)10-6-7(2)3/h7-8,10-11H,4-6H2,1-3H3,(H,12,13)/t8-/m0/s1. The van der Waals surface area contributed by atoms with Gasteiger partial charge in [-0.15, -0.1) is 0 Å². The van der Waals surface area contributed by atoms with E-state index in [1.165, 1.54) is 0 Å². The van der Waals surface area contributed by atoms with Crippen LogP contribution in [0.3, 0.4) is 0 Å². The molecular weight excluding hydrogens is 232 g/mol. The summed E-state index contributed by atoms with van der Waals surface area (Å²) in [5.74, 6) is -0.984. The predicted molar refractivity (Wildman–Crippen MR) is 61.2 cm³/mol. The maximum absolute atomic E-state index is 11.4. The summed E-state index contributed by atoms with van der Waals surface area (Å²) in [4.78, 5) is 10.8. The molecule has 0 amide bonds. The van der Waals surface area contributed by atoms with Crippen molar-refractivity contribution in [2.45, 2.75) is 39.7 Å². The molecule has 0 radical (unpaired) electrons. The molecule has 0 spiro atoms. The minimum atomic E-state index is -3.72. The monoisotopic (exact) mass is 252 g/mol. The van der Waals surface area contributed by atoms with Crippen molar-refractivity contribution in [1.82, 2.24) is 9.44 Å². The van der Waals surface area contributed by atoms with Crippen LogP contribution in [0, 0.1) is 5.92 Å². The summed E-state index contributed by atoms with van der Waals surface area (Å²) in [5.41, 5.74) is 0. The second kappa shape index (κ2) is 6.82. The average molecular weight is 252 g/mol. The molecule has 0 saturated carbocycles. The summed E-state index contributed by atoms with van der Waals surface area (Å²) >= 11 is 0. The van der Waals surface area contributed by atoms with Gasteiger partial charge in [-0.1, -0.05) is 27.2 Å². The first-order valence-corrected chi connectivity index (χ1v) is 6.76. The van der Waals surface area contributed by atoms with Crippen molar-refractivity contribution in [2.24, 2.45) is 5.92 Å². The Morgan fingerprint density at radius 2 is 1.94 bits per heavy atom. The van der Waals surface area contributed by atoms with Gasteiger partial charge in [-0.3, -0.25) is 4.79 Å². The van der Waals surface area contributed by atoms with Gasteiger partial charge in [0.1, 0.15) is 6.04 Å². The minimum absolute atomic E-state index is 0.172. The van der Waals surface area contributed by atoms with E-state index in [0.717, 1.165) is 0 Å². The predicted octanol–water partition coefficient (Wildman–Crippen LogP) is 0.320. The number of hydrogen-bond donors (Lipinski definition) is 3. The Morgan fingerprint density at radius 3 is 2.31 bits per heavy atom. The van der Waals surface area contributed by atoms with Crippen LogP contribution in [0.15, 0.2) is 0 Å². The summed E-state index contributed by atoms with van der Waals surface area (Å²) in [7, 11) is -3.72. The Kier molecular flexibility index (Phi) is 6.54. The molecule has 3 N–H and O–H groups in total. The Bertz CT molecular complexity index is 313. The molecule has 0 aromatic heterocycles. The van der Waals surface area contributed by atoms with Crippen molar-refractivity contribution >= 4 is 16.2 Å². The van der Waals surface area contributed by atoms with Gasteiger partial charge in [-0.2, -0.15) is 13.1 Å². The quantitative estimate of drug-likeness (QED) is 0.579. The number of hydrogen-bond acceptors (Lipinski definition) is 3. The molecule has 7 heteroatoms. The summed E-state index contributed by atoms with van der Waals surface area (Å²) in [6.07, 6.45) is 0.877. The van der Waals surface area contributed by atoms with E-state index < -0.39 is 22.2 Å². The van der Waals surface area contributed by atoms with Crippen LogP contribution in [-0.4, -0.2) is 32.1 Å². The summed E-state index contributed by atoms with van der Waals surface area (Å²) < 4.78 is 27.3. The first-order valence-electron chi connectivity index (χ1n) is 5.28. The molecule has 0 unspecified atom stereocenters. The first-order chi connectivity index (χ1) is 7.28. The third-order valence-electron chi connectivity index (χ3n) is 1.85. The topological polar surface area (TPSA) is 95.5 Å². The van der Waals surface area contributed by atoms with Crippen molar-refractivity contribution in [1.29, 1.82) is 0 Å². The van der Waals surface area contributed by atoms with E-state index in [1.807, 2.05) is 13.8 Å². The van der Waals surface area contributed by atoms with Gasteiger partial charge in [0.15, 0.2) is 0 Å². The minimum Gasteiger partial charge on any atom is -0.480 e. The Morgan fingerprint density at radius 1 is 1.38 bits per heavy atom. The Balaban J connectivity index is 4.36. The highest BCUT2D eigenvalue weighted by molar-refractivity contribution is 7.87. The molecule has 0 heterocycles. The molecule has 0 rings (SSSR count).